The number of aromatic nitrogens is 4. The lowest BCUT2D eigenvalue weighted by atomic mass is 10.3. The number of hydrogen-bond donors (Lipinski definition) is 1. The first-order chi connectivity index (χ1) is 8.49. The Balaban J connectivity index is 2.18. The molecule has 2 rings (SSSR count). The van der Waals surface area contributed by atoms with Gasteiger partial charge in [0, 0.05) is 29.1 Å². The largest absolute Gasteiger partial charge is 0.368 e. The Morgan fingerprint density at radius 2 is 2.11 bits per heavy atom. The maximum Gasteiger partial charge on any atom is 0.222 e. The van der Waals surface area contributed by atoms with Crippen LogP contribution in [-0.4, -0.2) is 19.7 Å². The van der Waals surface area contributed by atoms with Gasteiger partial charge < -0.3 is 5.73 Å². The van der Waals surface area contributed by atoms with E-state index in [9.17, 15) is 0 Å². The molecule has 0 atom stereocenters. The number of thioether (sulfide) groups is 1. The minimum absolute atomic E-state index is 0.372. The molecular weight excluding hydrogens is 293 g/mol. The van der Waals surface area contributed by atoms with Gasteiger partial charge in [-0.15, -0.1) is 10.2 Å². The molecule has 0 aromatic carbocycles. The van der Waals surface area contributed by atoms with Gasteiger partial charge in [0.15, 0.2) is 5.16 Å². The first kappa shape index (κ1) is 13.5. The summed E-state index contributed by atoms with van der Waals surface area (Å²) in [7, 11) is 1.80. The van der Waals surface area contributed by atoms with Crippen LogP contribution in [-0.2, 0) is 12.8 Å². The van der Waals surface area contributed by atoms with E-state index in [2.05, 4.69) is 15.2 Å². The first-order valence-electron chi connectivity index (χ1n) is 5.08. The predicted molar refractivity (Wildman–Crippen MR) is 74.0 cm³/mol. The van der Waals surface area contributed by atoms with Crippen LogP contribution in [0.4, 0.5) is 5.95 Å². The van der Waals surface area contributed by atoms with Gasteiger partial charge in [0.1, 0.15) is 5.15 Å². The van der Waals surface area contributed by atoms with Gasteiger partial charge in [-0.25, -0.2) is 4.98 Å². The standard InChI is InChI=1S/C10H11Cl2N5S/c1-5-3-7(11)6(8(12)14-5)4-18-10-16-15-9(13)17(10)2/h3H,4H2,1-2H3,(H2,13,15). The van der Waals surface area contributed by atoms with Gasteiger partial charge >= 0.3 is 0 Å². The van der Waals surface area contributed by atoms with Gasteiger partial charge in [-0.05, 0) is 13.0 Å². The topological polar surface area (TPSA) is 69.6 Å². The molecule has 0 amide bonds. The highest BCUT2D eigenvalue weighted by atomic mass is 35.5. The number of nitrogens with zero attached hydrogens (tertiary/aromatic N) is 4. The van der Waals surface area contributed by atoms with Crippen LogP contribution in [0, 0.1) is 6.92 Å². The molecule has 0 saturated carbocycles. The molecule has 5 nitrogen and oxygen atoms in total. The second kappa shape index (κ2) is 5.34. The minimum Gasteiger partial charge on any atom is -0.368 e. The molecule has 96 valence electrons. The normalized spacial score (nSPS) is 10.9. The fourth-order valence-corrected chi connectivity index (χ4v) is 3.12. The highest BCUT2D eigenvalue weighted by molar-refractivity contribution is 7.98. The fraction of sp³-hybridized carbons (Fsp3) is 0.300. The van der Waals surface area contributed by atoms with Gasteiger partial charge in [-0.1, -0.05) is 35.0 Å². The van der Waals surface area contributed by atoms with E-state index < -0.39 is 0 Å². The summed E-state index contributed by atoms with van der Waals surface area (Å²) in [6.07, 6.45) is 0. The van der Waals surface area contributed by atoms with Gasteiger partial charge in [0.25, 0.3) is 0 Å². The Hall–Kier alpha value is -0.980. The summed E-state index contributed by atoms with van der Waals surface area (Å²) in [6.45, 7) is 1.85. The number of aryl methyl sites for hydroxylation is 1. The number of anilines is 1. The van der Waals surface area contributed by atoms with E-state index in [1.54, 1.807) is 17.7 Å². The van der Waals surface area contributed by atoms with Crippen molar-refractivity contribution in [3.8, 4) is 0 Å². The Kier molecular flexibility index (Phi) is 3.99. The van der Waals surface area contributed by atoms with Crippen LogP contribution in [0.25, 0.3) is 0 Å². The van der Waals surface area contributed by atoms with E-state index in [-0.39, 0.29) is 0 Å². The van der Waals surface area contributed by atoms with Crippen molar-refractivity contribution in [3.05, 3.63) is 27.5 Å². The van der Waals surface area contributed by atoms with Gasteiger partial charge in [0.05, 0.1) is 0 Å². The maximum atomic E-state index is 6.14. The lowest BCUT2D eigenvalue weighted by Crippen LogP contribution is -1.98. The molecule has 2 heterocycles. The first-order valence-corrected chi connectivity index (χ1v) is 6.82. The van der Waals surface area contributed by atoms with Crippen LogP contribution in [0.5, 0.6) is 0 Å². The van der Waals surface area contributed by atoms with Crippen molar-refractivity contribution in [2.24, 2.45) is 7.05 Å². The van der Waals surface area contributed by atoms with Crippen LogP contribution < -0.4 is 5.73 Å². The number of nitrogens with two attached hydrogens (primary N) is 1. The fourth-order valence-electron chi connectivity index (χ4n) is 1.34. The quantitative estimate of drug-likeness (QED) is 0.697. The van der Waals surface area contributed by atoms with Crippen molar-refractivity contribution < 1.29 is 0 Å². The van der Waals surface area contributed by atoms with Crippen LogP contribution in [0.2, 0.25) is 10.2 Å². The zero-order chi connectivity index (χ0) is 13.3. The number of rotatable bonds is 3. The van der Waals surface area contributed by atoms with E-state index in [1.165, 1.54) is 11.8 Å². The third kappa shape index (κ3) is 2.71. The molecule has 18 heavy (non-hydrogen) atoms. The molecule has 0 saturated heterocycles. The second-order valence-corrected chi connectivity index (χ2v) is 5.41. The van der Waals surface area contributed by atoms with Crippen molar-refractivity contribution in [2.75, 3.05) is 5.73 Å². The zero-order valence-electron chi connectivity index (χ0n) is 9.81. The average Bonchev–Trinajstić information content (AvgIpc) is 2.59. The van der Waals surface area contributed by atoms with E-state index in [0.717, 1.165) is 11.3 Å². The van der Waals surface area contributed by atoms with Crippen LogP contribution in [0.15, 0.2) is 11.2 Å². The lowest BCUT2D eigenvalue weighted by molar-refractivity contribution is 0.796. The molecule has 0 bridgehead atoms. The van der Waals surface area contributed by atoms with E-state index in [0.29, 0.717) is 27.0 Å². The number of halogens is 2. The predicted octanol–water partition coefficient (Wildman–Crippen LogP) is 2.70. The highest BCUT2D eigenvalue weighted by Crippen LogP contribution is 2.30. The van der Waals surface area contributed by atoms with E-state index in [4.69, 9.17) is 28.9 Å². The maximum absolute atomic E-state index is 6.14. The molecule has 2 aromatic heterocycles. The van der Waals surface area contributed by atoms with Crippen molar-refractivity contribution >= 4 is 40.9 Å². The Morgan fingerprint density at radius 1 is 1.39 bits per heavy atom. The van der Waals surface area contributed by atoms with Crippen molar-refractivity contribution in [1.82, 2.24) is 19.7 Å². The van der Waals surface area contributed by atoms with Crippen molar-refractivity contribution in [3.63, 3.8) is 0 Å². The number of pyridine rings is 1. The molecule has 0 aliphatic heterocycles. The van der Waals surface area contributed by atoms with Crippen molar-refractivity contribution in [1.29, 1.82) is 0 Å². The summed E-state index contributed by atoms with van der Waals surface area (Å²) < 4.78 is 1.70. The Labute approximate surface area is 119 Å². The molecule has 0 unspecified atom stereocenters. The van der Waals surface area contributed by atoms with E-state index in [1.807, 2.05) is 6.92 Å². The average molecular weight is 304 g/mol. The molecule has 0 spiro atoms. The molecule has 0 fully saturated rings. The monoisotopic (exact) mass is 303 g/mol. The smallest absolute Gasteiger partial charge is 0.222 e. The Morgan fingerprint density at radius 3 is 2.67 bits per heavy atom. The highest BCUT2D eigenvalue weighted by Gasteiger charge is 2.12. The molecule has 0 radical (unpaired) electrons. The lowest BCUT2D eigenvalue weighted by Gasteiger charge is -2.07. The molecule has 0 aliphatic carbocycles. The summed E-state index contributed by atoms with van der Waals surface area (Å²) in [5.74, 6) is 0.938. The molecular formula is C10H11Cl2N5S. The second-order valence-electron chi connectivity index (χ2n) is 3.70. The van der Waals surface area contributed by atoms with E-state index >= 15 is 0 Å². The SMILES string of the molecule is Cc1cc(Cl)c(CSc2nnc(N)n2C)c(Cl)n1. The number of nitrogen functional groups attached to an aromatic ring is 1. The molecule has 2 aromatic rings. The third-order valence-corrected chi connectivity index (χ3v) is 4.06. The van der Waals surface area contributed by atoms with Crippen LogP contribution in [0.3, 0.4) is 0 Å². The molecule has 2 N–H and O–H groups in total. The Bertz CT molecular complexity index is 561. The zero-order valence-corrected chi connectivity index (χ0v) is 12.1. The van der Waals surface area contributed by atoms with Gasteiger partial charge in [0.2, 0.25) is 5.95 Å². The summed E-state index contributed by atoms with van der Waals surface area (Å²) in [4.78, 5) is 4.17. The summed E-state index contributed by atoms with van der Waals surface area (Å²) in [6, 6.07) is 1.79. The van der Waals surface area contributed by atoms with Gasteiger partial charge in [-0.2, -0.15) is 0 Å². The third-order valence-electron chi connectivity index (χ3n) is 2.36. The minimum atomic E-state index is 0.372. The summed E-state index contributed by atoms with van der Waals surface area (Å²) >= 11 is 13.7. The summed E-state index contributed by atoms with van der Waals surface area (Å²) in [5, 5.41) is 9.46. The summed E-state index contributed by atoms with van der Waals surface area (Å²) in [5.41, 5.74) is 7.18. The molecule has 0 aliphatic rings. The number of hydrogen-bond acceptors (Lipinski definition) is 5. The van der Waals surface area contributed by atoms with Crippen LogP contribution >= 0.6 is 35.0 Å². The van der Waals surface area contributed by atoms with Crippen molar-refractivity contribution in [2.45, 2.75) is 17.8 Å². The molecule has 8 heteroatoms. The van der Waals surface area contributed by atoms with Crippen LogP contribution in [0.1, 0.15) is 11.3 Å². The van der Waals surface area contributed by atoms with Gasteiger partial charge in [-0.3, -0.25) is 4.57 Å².